The zero-order valence-electron chi connectivity index (χ0n) is 8.60. The normalized spacial score (nSPS) is 13.4. The van der Waals surface area contributed by atoms with E-state index in [1.165, 1.54) is 0 Å². The number of hydrogen-bond acceptors (Lipinski definition) is 2. The number of carbonyl (C=O) groups excluding carboxylic acids is 1. The highest BCUT2D eigenvalue weighted by Crippen LogP contribution is 2.23. The Morgan fingerprint density at radius 1 is 1.06 bits per heavy atom. The van der Waals surface area contributed by atoms with Gasteiger partial charge in [0, 0.05) is 18.2 Å². The number of nitrogens with one attached hydrogen (secondary N) is 1. The first-order chi connectivity index (χ1) is 7.84. The molecule has 0 saturated carbocycles. The van der Waals surface area contributed by atoms with E-state index >= 15 is 0 Å². The van der Waals surface area contributed by atoms with Crippen LogP contribution in [0.4, 0.5) is 5.82 Å². The molecule has 78 valence electrons. The maximum Gasteiger partial charge on any atom is 0.257 e. The molecule has 0 unspecified atom stereocenters. The highest BCUT2D eigenvalue weighted by molar-refractivity contribution is 6.06. The van der Waals surface area contributed by atoms with Crippen molar-refractivity contribution in [3.63, 3.8) is 0 Å². The number of amides is 1. The van der Waals surface area contributed by atoms with Gasteiger partial charge >= 0.3 is 0 Å². The minimum Gasteiger partial charge on any atom is -0.306 e. The molecular weight excluding hydrogens is 200 g/mol. The maximum absolute atomic E-state index is 11.9. The van der Waals surface area contributed by atoms with Gasteiger partial charge in [-0.15, -0.1) is 0 Å². The molecular formula is C13H10N2O. The van der Waals surface area contributed by atoms with E-state index < -0.39 is 0 Å². The summed E-state index contributed by atoms with van der Waals surface area (Å²) in [5.74, 6) is 0.594. The van der Waals surface area contributed by atoms with Gasteiger partial charge in [0.15, 0.2) is 0 Å². The fraction of sp³-hybridized carbons (Fsp3) is 0.0769. The van der Waals surface area contributed by atoms with Gasteiger partial charge in [-0.2, -0.15) is 0 Å². The van der Waals surface area contributed by atoms with Crippen LogP contribution in [0.3, 0.4) is 0 Å². The topological polar surface area (TPSA) is 42.0 Å². The van der Waals surface area contributed by atoms with Crippen molar-refractivity contribution in [2.45, 2.75) is 6.42 Å². The fourth-order valence-electron chi connectivity index (χ4n) is 1.97. The SMILES string of the molecule is O=C1Nc2ncccc2Cc2ccccc21. The van der Waals surface area contributed by atoms with Crippen LogP contribution in [-0.2, 0) is 6.42 Å². The predicted octanol–water partition coefficient (Wildman–Crippen LogP) is 2.24. The maximum atomic E-state index is 11.9. The standard InChI is InChI=1S/C13H10N2O/c16-13-11-6-2-1-4-9(11)8-10-5-3-7-14-12(10)15-13/h1-7H,8H2,(H,14,15,16). The zero-order valence-corrected chi connectivity index (χ0v) is 8.60. The monoisotopic (exact) mass is 210 g/mol. The molecule has 0 saturated heterocycles. The van der Waals surface area contributed by atoms with Crippen LogP contribution in [0.1, 0.15) is 21.5 Å². The number of nitrogens with zero attached hydrogens (tertiary/aromatic N) is 1. The lowest BCUT2D eigenvalue weighted by Gasteiger charge is -2.03. The molecule has 1 aliphatic rings. The Bertz CT molecular complexity index is 563. The molecule has 0 atom stereocenters. The molecule has 1 N–H and O–H groups in total. The summed E-state index contributed by atoms with van der Waals surface area (Å²) in [6.07, 6.45) is 2.44. The Kier molecular flexibility index (Phi) is 1.96. The summed E-state index contributed by atoms with van der Waals surface area (Å²) in [5.41, 5.74) is 2.84. The van der Waals surface area contributed by atoms with Gasteiger partial charge < -0.3 is 5.32 Å². The highest BCUT2D eigenvalue weighted by atomic mass is 16.1. The van der Waals surface area contributed by atoms with Crippen molar-refractivity contribution in [1.82, 2.24) is 4.98 Å². The van der Waals surface area contributed by atoms with Crippen molar-refractivity contribution < 1.29 is 4.79 Å². The Morgan fingerprint density at radius 2 is 1.88 bits per heavy atom. The first-order valence-electron chi connectivity index (χ1n) is 5.18. The highest BCUT2D eigenvalue weighted by Gasteiger charge is 2.18. The lowest BCUT2D eigenvalue weighted by atomic mass is 10.0. The number of pyridine rings is 1. The number of aromatic nitrogens is 1. The van der Waals surface area contributed by atoms with Gasteiger partial charge in [-0.05, 0) is 23.3 Å². The molecule has 3 heteroatoms. The second-order valence-corrected chi connectivity index (χ2v) is 3.80. The Labute approximate surface area is 93.1 Å². The Balaban J connectivity index is 2.18. The molecule has 0 aliphatic carbocycles. The molecule has 0 bridgehead atoms. The molecule has 1 amide bonds. The van der Waals surface area contributed by atoms with Crippen LogP contribution in [0, 0.1) is 0 Å². The molecule has 3 nitrogen and oxygen atoms in total. The van der Waals surface area contributed by atoms with Gasteiger partial charge in [-0.1, -0.05) is 24.3 Å². The minimum atomic E-state index is -0.0759. The summed E-state index contributed by atoms with van der Waals surface area (Å²) in [5, 5.41) is 2.83. The number of benzene rings is 1. The van der Waals surface area contributed by atoms with E-state index in [0.29, 0.717) is 5.82 Å². The first-order valence-corrected chi connectivity index (χ1v) is 5.18. The Morgan fingerprint density at radius 3 is 2.81 bits per heavy atom. The van der Waals surface area contributed by atoms with Gasteiger partial charge in [0.05, 0.1) is 0 Å². The van der Waals surface area contributed by atoms with E-state index in [1.807, 2.05) is 36.4 Å². The lowest BCUT2D eigenvalue weighted by molar-refractivity contribution is 0.102. The van der Waals surface area contributed by atoms with Crippen LogP contribution in [0.5, 0.6) is 0 Å². The third-order valence-corrected chi connectivity index (χ3v) is 2.77. The quantitative estimate of drug-likeness (QED) is 0.724. The molecule has 2 aromatic rings. The molecule has 16 heavy (non-hydrogen) atoms. The van der Waals surface area contributed by atoms with Crippen molar-refractivity contribution in [3.8, 4) is 0 Å². The van der Waals surface area contributed by atoms with Gasteiger partial charge in [0.25, 0.3) is 5.91 Å². The molecule has 1 aromatic heterocycles. The zero-order chi connectivity index (χ0) is 11.0. The van der Waals surface area contributed by atoms with Crippen LogP contribution in [0.15, 0.2) is 42.6 Å². The summed E-state index contributed by atoms with van der Waals surface area (Å²) >= 11 is 0. The lowest BCUT2D eigenvalue weighted by Crippen LogP contribution is -2.12. The third-order valence-electron chi connectivity index (χ3n) is 2.77. The largest absolute Gasteiger partial charge is 0.306 e. The molecule has 3 rings (SSSR count). The van der Waals surface area contributed by atoms with Gasteiger partial charge in [-0.25, -0.2) is 4.98 Å². The van der Waals surface area contributed by atoms with Gasteiger partial charge in [0.1, 0.15) is 5.82 Å². The number of fused-ring (bicyclic) bond motifs is 2. The predicted molar refractivity (Wildman–Crippen MR) is 61.4 cm³/mol. The number of carbonyl (C=O) groups is 1. The van der Waals surface area contributed by atoms with Crippen LogP contribution < -0.4 is 5.32 Å². The van der Waals surface area contributed by atoms with Crippen molar-refractivity contribution in [2.24, 2.45) is 0 Å². The van der Waals surface area contributed by atoms with E-state index in [0.717, 1.165) is 23.1 Å². The van der Waals surface area contributed by atoms with Crippen molar-refractivity contribution in [1.29, 1.82) is 0 Å². The van der Waals surface area contributed by atoms with Crippen LogP contribution >= 0.6 is 0 Å². The summed E-state index contributed by atoms with van der Waals surface area (Å²) in [6, 6.07) is 11.5. The number of rotatable bonds is 0. The first kappa shape index (κ1) is 9.09. The summed E-state index contributed by atoms with van der Waals surface area (Å²) < 4.78 is 0. The van der Waals surface area contributed by atoms with Crippen molar-refractivity contribution in [3.05, 3.63) is 59.3 Å². The van der Waals surface area contributed by atoms with Crippen LogP contribution in [0.25, 0.3) is 0 Å². The Hall–Kier alpha value is -2.16. The molecule has 2 heterocycles. The average Bonchev–Trinajstić information content (AvgIpc) is 2.45. The van der Waals surface area contributed by atoms with Crippen molar-refractivity contribution in [2.75, 3.05) is 5.32 Å². The molecule has 1 aliphatic heterocycles. The van der Waals surface area contributed by atoms with E-state index in [9.17, 15) is 4.79 Å². The molecule has 1 aromatic carbocycles. The minimum absolute atomic E-state index is 0.0759. The fourth-order valence-corrected chi connectivity index (χ4v) is 1.97. The van der Waals surface area contributed by atoms with Gasteiger partial charge in [-0.3, -0.25) is 4.79 Å². The molecule has 0 radical (unpaired) electrons. The summed E-state index contributed by atoms with van der Waals surface area (Å²) in [7, 11) is 0. The van der Waals surface area contributed by atoms with Crippen LogP contribution in [0.2, 0.25) is 0 Å². The van der Waals surface area contributed by atoms with E-state index in [1.54, 1.807) is 6.20 Å². The van der Waals surface area contributed by atoms with Gasteiger partial charge in [0.2, 0.25) is 0 Å². The molecule has 0 spiro atoms. The van der Waals surface area contributed by atoms with E-state index in [-0.39, 0.29) is 5.91 Å². The van der Waals surface area contributed by atoms with Crippen LogP contribution in [-0.4, -0.2) is 10.9 Å². The summed E-state index contributed by atoms with van der Waals surface area (Å²) in [4.78, 5) is 16.1. The van der Waals surface area contributed by atoms with E-state index in [4.69, 9.17) is 0 Å². The smallest absolute Gasteiger partial charge is 0.257 e. The van der Waals surface area contributed by atoms with Crippen molar-refractivity contribution >= 4 is 11.7 Å². The second kappa shape index (κ2) is 3.45. The second-order valence-electron chi connectivity index (χ2n) is 3.80. The number of anilines is 1. The van der Waals surface area contributed by atoms with E-state index in [2.05, 4.69) is 10.3 Å². The number of hydrogen-bond donors (Lipinski definition) is 1. The molecule has 0 fully saturated rings. The average molecular weight is 210 g/mol. The third kappa shape index (κ3) is 1.37. The summed E-state index contributed by atoms with van der Waals surface area (Å²) in [6.45, 7) is 0.